The van der Waals surface area contributed by atoms with Crippen molar-refractivity contribution in [2.75, 3.05) is 26.1 Å². The molecule has 0 bridgehead atoms. The highest BCUT2D eigenvalue weighted by Gasteiger charge is 2.43. The van der Waals surface area contributed by atoms with Gasteiger partial charge in [-0.25, -0.2) is 5.01 Å². The molecule has 0 spiro atoms. The van der Waals surface area contributed by atoms with E-state index in [9.17, 15) is 4.79 Å². The predicted molar refractivity (Wildman–Crippen MR) is 112 cm³/mol. The van der Waals surface area contributed by atoms with E-state index in [4.69, 9.17) is 9.84 Å². The maximum absolute atomic E-state index is 12.7. The molecule has 2 unspecified atom stereocenters. The van der Waals surface area contributed by atoms with Crippen molar-refractivity contribution in [2.24, 2.45) is 11.0 Å². The SMILES string of the molecule is CCC(=O)N1N=C2c3cc(OC)ccc3CCC2C1c1ccc(N(C)C)cc1. The molecule has 28 heavy (non-hydrogen) atoms. The van der Waals surface area contributed by atoms with Crippen LogP contribution in [0.5, 0.6) is 5.75 Å². The number of rotatable bonds is 4. The fourth-order valence-corrected chi connectivity index (χ4v) is 4.29. The lowest BCUT2D eigenvalue weighted by Crippen LogP contribution is -2.31. The molecule has 1 aliphatic heterocycles. The Balaban J connectivity index is 1.77. The highest BCUT2D eigenvalue weighted by molar-refractivity contribution is 6.07. The van der Waals surface area contributed by atoms with E-state index in [1.807, 2.05) is 27.1 Å². The van der Waals surface area contributed by atoms with E-state index in [1.54, 1.807) is 12.1 Å². The molecule has 2 aromatic rings. The van der Waals surface area contributed by atoms with E-state index >= 15 is 0 Å². The van der Waals surface area contributed by atoms with Gasteiger partial charge in [-0.15, -0.1) is 0 Å². The number of hydrazone groups is 1. The van der Waals surface area contributed by atoms with Gasteiger partial charge in [-0.2, -0.15) is 5.10 Å². The Hall–Kier alpha value is -2.82. The number of hydrogen-bond donors (Lipinski definition) is 0. The molecule has 0 fully saturated rings. The average molecular weight is 377 g/mol. The zero-order valence-corrected chi connectivity index (χ0v) is 17.0. The summed E-state index contributed by atoms with van der Waals surface area (Å²) in [6.45, 7) is 1.90. The molecule has 5 heteroatoms. The van der Waals surface area contributed by atoms with Gasteiger partial charge in [0, 0.05) is 37.7 Å². The fourth-order valence-electron chi connectivity index (χ4n) is 4.29. The number of benzene rings is 2. The van der Waals surface area contributed by atoms with Crippen LogP contribution in [0, 0.1) is 5.92 Å². The minimum Gasteiger partial charge on any atom is -0.497 e. The lowest BCUT2D eigenvalue weighted by atomic mass is 9.77. The Kier molecular flexibility index (Phi) is 4.84. The van der Waals surface area contributed by atoms with Crippen molar-refractivity contribution in [3.05, 3.63) is 59.2 Å². The number of anilines is 1. The van der Waals surface area contributed by atoms with Crippen LogP contribution in [0.2, 0.25) is 0 Å². The van der Waals surface area contributed by atoms with E-state index < -0.39 is 0 Å². The van der Waals surface area contributed by atoms with Crippen molar-refractivity contribution in [1.29, 1.82) is 0 Å². The number of nitrogens with zero attached hydrogens (tertiary/aromatic N) is 3. The Morgan fingerprint density at radius 2 is 1.96 bits per heavy atom. The molecular weight excluding hydrogens is 350 g/mol. The van der Waals surface area contributed by atoms with Crippen molar-refractivity contribution in [3.8, 4) is 5.75 Å². The summed E-state index contributed by atoms with van der Waals surface area (Å²) < 4.78 is 5.43. The van der Waals surface area contributed by atoms with Crippen LogP contribution in [0.4, 0.5) is 5.69 Å². The van der Waals surface area contributed by atoms with Crippen molar-refractivity contribution in [2.45, 2.75) is 32.2 Å². The van der Waals surface area contributed by atoms with Crippen LogP contribution in [-0.2, 0) is 11.2 Å². The molecule has 0 saturated heterocycles. The van der Waals surface area contributed by atoms with Crippen LogP contribution in [0.25, 0.3) is 0 Å². The third-order valence-corrected chi connectivity index (χ3v) is 5.84. The minimum atomic E-state index is -0.0435. The van der Waals surface area contributed by atoms with Gasteiger partial charge < -0.3 is 9.64 Å². The summed E-state index contributed by atoms with van der Waals surface area (Å²) in [5.74, 6) is 1.10. The monoisotopic (exact) mass is 377 g/mol. The van der Waals surface area contributed by atoms with Gasteiger partial charge in [0.2, 0.25) is 5.91 Å². The van der Waals surface area contributed by atoms with Gasteiger partial charge in [-0.3, -0.25) is 4.79 Å². The van der Waals surface area contributed by atoms with E-state index in [0.717, 1.165) is 41.1 Å². The molecule has 2 aliphatic rings. The summed E-state index contributed by atoms with van der Waals surface area (Å²) in [5.41, 5.74) is 5.71. The van der Waals surface area contributed by atoms with E-state index in [1.165, 1.54) is 5.56 Å². The molecule has 2 aromatic carbocycles. The van der Waals surface area contributed by atoms with Crippen LogP contribution in [0.1, 0.15) is 42.5 Å². The van der Waals surface area contributed by atoms with E-state index in [0.29, 0.717) is 6.42 Å². The third-order valence-electron chi connectivity index (χ3n) is 5.84. The lowest BCUT2D eigenvalue weighted by molar-refractivity contribution is -0.133. The number of ether oxygens (including phenoxy) is 1. The normalized spacial score (nSPS) is 20.3. The molecule has 1 amide bonds. The molecule has 146 valence electrons. The van der Waals surface area contributed by atoms with Gasteiger partial charge in [0.15, 0.2) is 0 Å². The highest BCUT2D eigenvalue weighted by atomic mass is 16.5. The maximum Gasteiger partial charge on any atom is 0.242 e. The molecule has 1 heterocycles. The van der Waals surface area contributed by atoms with Crippen molar-refractivity contribution >= 4 is 17.3 Å². The molecular formula is C23H27N3O2. The van der Waals surface area contributed by atoms with Gasteiger partial charge in [-0.05, 0) is 48.2 Å². The van der Waals surface area contributed by atoms with E-state index in [2.05, 4.69) is 41.3 Å². The molecule has 1 aliphatic carbocycles. The highest BCUT2D eigenvalue weighted by Crippen LogP contribution is 2.44. The summed E-state index contributed by atoms with van der Waals surface area (Å²) in [7, 11) is 5.74. The second kappa shape index (κ2) is 7.30. The lowest BCUT2D eigenvalue weighted by Gasteiger charge is -2.30. The fraction of sp³-hybridized carbons (Fsp3) is 0.391. The Labute approximate surface area is 166 Å². The number of carbonyl (C=O) groups excluding carboxylic acids is 1. The average Bonchev–Trinajstić information content (AvgIpc) is 3.12. The summed E-state index contributed by atoms with van der Waals surface area (Å²) in [6.07, 6.45) is 2.43. The van der Waals surface area contributed by atoms with Gasteiger partial charge in [0.25, 0.3) is 0 Å². The Morgan fingerprint density at radius 3 is 2.61 bits per heavy atom. The second-order valence-corrected chi connectivity index (χ2v) is 7.68. The number of carbonyl (C=O) groups is 1. The smallest absolute Gasteiger partial charge is 0.242 e. The summed E-state index contributed by atoms with van der Waals surface area (Å²) in [6, 6.07) is 14.6. The van der Waals surface area contributed by atoms with Crippen LogP contribution in [0.15, 0.2) is 47.6 Å². The van der Waals surface area contributed by atoms with Gasteiger partial charge in [0.05, 0.1) is 18.9 Å². The molecule has 4 rings (SSSR count). The van der Waals surface area contributed by atoms with Crippen LogP contribution >= 0.6 is 0 Å². The number of aryl methyl sites for hydroxylation is 1. The van der Waals surface area contributed by atoms with Crippen molar-refractivity contribution < 1.29 is 9.53 Å². The largest absolute Gasteiger partial charge is 0.497 e. The molecule has 5 nitrogen and oxygen atoms in total. The first kappa shape index (κ1) is 18.5. The standard InChI is InChI=1S/C23H27N3O2/c1-5-21(27)26-23(16-6-10-17(11-7-16)25(2)3)19-13-9-15-8-12-18(28-4)14-20(15)22(19)24-26/h6-8,10-12,14,19,23H,5,9,13H2,1-4H3. The zero-order chi connectivity index (χ0) is 19.8. The quantitative estimate of drug-likeness (QED) is 0.808. The Morgan fingerprint density at radius 1 is 1.21 bits per heavy atom. The van der Waals surface area contributed by atoms with Crippen molar-refractivity contribution in [3.63, 3.8) is 0 Å². The Bertz CT molecular complexity index is 918. The first-order chi connectivity index (χ1) is 13.5. The van der Waals surface area contributed by atoms with Crippen molar-refractivity contribution in [1.82, 2.24) is 5.01 Å². The van der Waals surface area contributed by atoms with Gasteiger partial charge >= 0.3 is 0 Å². The number of hydrogen-bond acceptors (Lipinski definition) is 4. The molecule has 0 radical (unpaired) electrons. The van der Waals surface area contributed by atoms with Crippen LogP contribution in [0.3, 0.4) is 0 Å². The topological polar surface area (TPSA) is 45.1 Å². The number of methoxy groups -OCH3 is 1. The zero-order valence-electron chi connectivity index (χ0n) is 17.0. The predicted octanol–water partition coefficient (Wildman–Crippen LogP) is 4.02. The maximum atomic E-state index is 12.7. The van der Waals surface area contributed by atoms with E-state index in [-0.39, 0.29) is 17.9 Å². The number of amides is 1. The summed E-state index contributed by atoms with van der Waals surface area (Å²) in [5, 5.41) is 6.57. The third kappa shape index (κ3) is 3.05. The summed E-state index contributed by atoms with van der Waals surface area (Å²) >= 11 is 0. The molecule has 0 N–H and O–H groups in total. The first-order valence-corrected chi connectivity index (χ1v) is 9.88. The first-order valence-electron chi connectivity index (χ1n) is 9.88. The summed E-state index contributed by atoms with van der Waals surface area (Å²) in [4.78, 5) is 14.8. The van der Waals surface area contributed by atoms with Gasteiger partial charge in [-0.1, -0.05) is 25.1 Å². The molecule has 0 saturated carbocycles. The second-order valence-electron chi connectivity index (χ2n) is 7.68. The molecule has 0 aromatic heterocycles. The van der Waals surface area contributed by atoms with Gasteiger partial charge in [0.1, 0.15) is 5.75 Å². The van der Waals surface area contributed by atoms with Crippen LogP contribution < -0.4 is 9.64 Å². The number of fused-ring (bicyclic) bond motifs is 3. The molecule has 2 atom stereocenters. The minimum absolute atomic E-state index is 0.0435. The van der Waals surface area contributed by atoms with Crippen LogP contribution in [-0.4, -0.2) is 37.8 Å².